The zero-order valence-corrected chi connectivity index (χ0v) is 18.1. The average Bonchev–Trinajstić information content (AvgIpc) is 2.65. The highest BCUT2D eigenvalue weighted by Gasteiger charge is 2.08. The van der Waals surface area contributed by atoms with Gasteiger partial charge in [0.2, 0.25) is 0 Å². The van der Waals surface area contributed by atoms with Gasteiger partial charge in [0.25, 0.3) is 0 Å². The Balaban J connectivity index is 0.00000338. The van der Waals surface area contributed by atoms with E-state index in [4.69, 9.17) is 15.2 Å². The van der Waals surface area contributed by atoms with E-state index in [1.54, 1.807) is 0 Å². The van der Waals surface area contributed by atoms with Crippen molar-refractivity contribution in [3.8, 4) is 5.75 Å². The van der Waals surface area contributed by atoms with Gasteiger partial charge in [-0.05, 0) is 37.1 Å². The third-order valence-corrected chi connectivity index (χ3v) is 4.16. The van der Waals surface area contributed by atoms with E-state index in [1.807, 2.05) is 24.3 Å². The number of nitrogens with zero attached hydrogens (tertiary/aromatic N) is 2. The molecule has 0 unspecified atom stereocenters. The zero-order valence-electron chi connectivity index (χ0n) is 15.8. The molecule has 26 heavy (non-hydrogen) atoms. The maximum atomic E-state index is 5.95. The van der Waals surface area contributed by atoms with Gasteiger partial charge in [-0.25, -0.2) is 4.99 Å². The van der Waals surface area contributed by atoms with Crippen LogP contribution in [0.1, 0.15) is 31.7 Å². The van der Waals surface area contributed by atoms with E-state index in [1.165, 1.54) is 0 Å². The minimum Gasteiger partial charge on any atom is -0.494 e. The molecule has 0 aromatic heterocycles. The number of rotatable bonds is 10. The Morgan fingerprint density at radius 2 is 2.12 bits per heavy atom. The minimum atomic E-state index is 0. The van der Waals surface area contributed by atoms with Gasteiger partial charge < -0.3 is 20.5 Å². The van der Waals surface area contributed by atoms with Crippen molar-refractivity contribution in [2.45, 2.75) is 32.7 Å². The average molecular weight is 476 g/mol. The van der Waals surface area contributed by atoms with E-state index in [0.717, 1.165) is 76.6 Å². The summed E-state index contributed by atoms with van der Waals surface area (Å²) in [6.07, 6.45) is 3.26. The summed E-state index contributed by atoms with van der Waals surface area (Å²) in [6.45, 7) is 9.14. The molecule has 0 atom stereocenters. The lowest BCUT2D eigenvalue weighted by atomic mass is 10.2. The zero-order chi connectivity index (χ0) is 17.7. The van der Waals surface area contributed by atoms with E-state index in [0.29, 0.717) is 12.5 Å². The summed E-state index contributed by atoms with van der Waals surface area (Å²) in [4.78, 5) is 6.83. The molecule has 1 heterocycles. The van der Waals surface area contributed by atoms with Gasteiger partial charge in [-0.2, -0.15) is 0 Å². The second kappa shape index (κ2) is 14.1. The molecule has 3 N–H and O–H groups in total. The van der Waals surface area contributed by atoms with Crippen LogP contribution in [0.15, 0.2) is 29.3 Å². The van der Waals surface area contributed by atoms with Crippen LogP contribution >= 0.6 is 24.0 Å². The Kier molecular flexibility index (Phi) is 12.4. The number of hydrogen-bond donors (Lipinski definition) is 2. The Morgan fingerprint density at radius 3 is 2.88 bits per heavy atom. The number of nitrogens with two attached hydrogens (primary N) is 1. The van der Waals surface area contributed by atoms with Crippen LogP contribution in [0.3, 0.4) is 0 Å². The van der Waals surface area contributed by atoms with Crippen LogP contribution in [0.25, 0.3) is 0 Å². The SMILES string of the molecule is CCCCOc1cccc(CN=C(N)NCCCN2CCOCC2)c1.I. The van der Waals surface area contributed by atoms with Crippen molar-refractivity contribution < 1.29 is 9.47 Å². The van der Waals surface area contributed by atoms with Gasteiger partial charge in [0.1, 0.15) is 5.75 Å². The molecule has 0 spiro atoms. The quantitative estimate of drug-likeness (QED) is 0.235. The monoisotopic (exact) mass is 476 g/mol. The topological polar surface area (TPSA) is 72.1 Å². The van der Waals surface area contributed by atoms with Crippen molar-refractivity contribution >= 4 is 29.9 Å². The van der Waals surface area contributed by atoms with Crippen molar-refractivity contribution in [3.63, 3.8) is 0 Å². The lowest BCUT2D eigenvalue weighted by molar-refractivity contribution is 0.0376. The Bertz CT molecular complexity index is 522. The molecule has 1 aromatic carbocycles. The van der Waals surface area contributed by atoms with Crippen LogP contribution in [0.4, 0.5) is 0 Å². The van der Waals surface area contributed by atoms with E-state index >= 15 is 0 Å². The van der Waals surface area contributed by atoms with Gasteiger partial charge in [-0.1, -0.05) is 25.5 Å². The number of halogens is 1. The summed E-state index contributed by atoms with van der Waals surface area (Å²) >= 11 is 0. The van der Waals surface area contributed by atoms with E-state index in [-0.39, 0.29) is 24.0 Å². The molecule has 0 bridgehead atoms. The number of unbranched alkanes of at least 4 members (excludes halogenated alkanes) is 1. The first-order valence-electron chi connectivity index (χ1n) is 9.33. The Hall–Kier alpha value is -1.06. The molecule has 0 radical (unpaired) electrons. The van der Waals surface area contributed by atoms with Crippen molar-refractivity contribution in [1.29, 1.82) is 0 Å². The van der Waals surface area contributed by atoms with Crippen molar-refractivity contribution in [2.75, 3.05) is 46.0 Å². The molecule has 2 rings (SSSR count). The van der Waals surface area contributed by atoms with Gasteiger partial charge in [-0.15, -0.1) is 24.0 Å². The van der Waals surface area contributed by atoms with Crippen LogP contribution in [0, 0.1) is 0 Å². The number of guanidine groups is 1. The summed E-state index contributed by atoms with van der Waals surface area (Å²) in [5.41, 5.74) is 7.05. The third-order valence-electron chi connectivity index (χ3n) is 4.16. The fourth-order valence-electron chi connectivity index (χ4n) is 2.64. The third kappa shape index (κ3) is 9.59. The normalized spacial score (nSPS) is 15.3. The molecule has 1 saturated heterocycles. The molecule has 0 aliphatic carbocycles. The van der Waals surface area contributed by atoms with E-state index in [2.05, 4.69) is 22.1 Å². The number of hydrogen-bond acceptors (Lipinski definition) is 4. The molecular weight excluding hydrogens is 443 g/mol. The van der Waals surface area contributed by atoms with Crippen molar-refractivity contribution in [1.82, 2.24) is 10.2 Å². The van der Waals surface area contributed by atoms with Gasteiger partial charge in [-0.3, -0.25) is 4.90 Å². The summed E-state index contributed by atoms with van der Waals surface area (Å²) in [5.74, 6) is 1.40. The molecule has 0 saturated carbocycles. The molecule has 1 fully saturated rings. The molecule has 148 valence electrons. The van der Waals surface area contributed by atoms with E-state index in [9.17, 15) is 0 Å². The number of aliphatic imine (C=N–C) groups is 1. The van der Waals surface area contributed by atoms with Crippen LogP contribution in [0.5, 0.6) is 5.75 Å². The standard InChI is InChI=1S/C19H32N4O2.HI/c1-2-3-12-25-18-7-4-6-17(15-18)16-22-19(20)21-8-5-9-23-10-13-24-14-11-23;/h4,6-7,15H,2-3,5,8-14,16H2,1H3,(H3,20,21,22);1H. The highest BCUT2D eigenvalue weighted by Crippen LogP contribution is 2.14. The molecular formula is C19H33IN4O2. The smallest absolute Gasteiger partial charge is 0.188 e. The van der Waals surface area contributed by atoms with Gasteiger partial charge in [0.15, 0.2) is 5.96 Å². The van der Waals surface area contributed by atoms with E-state index < -0.39 is 0 Å². The lowest BCUT2D eigenvalue weighted by Gasteiger charge is -2.26. The maximum absolute atomic E-state index is 5.95. The highest BCUT2D eigenvalue weighted by atomic mass is 127. The lowest BCUT2D eigenvalue weighted by Crippen LogP contribution is -2.39. The first-order chi connectivity index (χ1) is 12.3. The predicted octanol–water partition coefficient (Wildman–Crippen LogP) is 2.61. The summed E-state index contributed by atoms with van der Waals surface area (Å²) in [5, 5.41) is 3.19. The number of ether oxygens (including phenoxy) is 2. The fraction of sp³-hybridized carbons (Fsp3) is 0.632. The van der Waals surface area contributed by atoms with Crippen LogP contribution in [-0.4, -0.2) is 56.9 Å². The second-order valence-corrected chi connectivity index (χ2v) is 6.29. The second-order valence-electron chi connectivity index (χ2n) is 6.29. The van der Waals surface area contributed by atoms with Crippen molar-refractivity contribution in [2.24, 2.45) is 10.7 Å². The number of nitrogens with one attached hydrogen (secondary N) is 1. The van der Waals surface area contributed by atoms with Gasteiger partial charge in [0.05, 0.1) is 26.4 Å². The molecule has 1 aliphatic heterocycles. The molecule has 1 aromatic rings. The summed E-state index contributed by atoms with van der Waals surface area (Å²) < 4.78 is 11.1. The summed E-state index contributed by atoms with van der Waals surface area (Å²) in [6, 6.07) is 8.06. The fourth-order valence-corrected chi connectivity index (χ4v) is 2.64. The first-order valence-corrected chi connectivity index (χ1v) is 9.33. The van der Waals surface area contributed by atoms with Crippen molar-refractivity contribution in [3.05, 3.63) is 29.8 Å². The van der Waals surface area contributed by atoms with Gasteiger partial charge >= 0.3 is 0 Å². The number of morpholine rings is 1. The maximum Gasteiger partial charge on any atom is 0.188 e. The molecule has 0 amide bonds. The minimum absolute atomic E-state index is 0. The molecule has 7 heteroatoms. The Labute approximate surface area is 174 Å². The van der Waals surface area contributed by atoms with Crippen LogP contribution in [-0.2, 0) is 11.3 Å². The van der Waals surface area contributed by atoms with Crippen LogP contribution < -0.4 is 15.8 Å². The summed E-state index contributed by atoms with van der Waals surface area (Å²) in [7, 11) is 0. The highest BCUT2D eigenvalue weighted by molar-refractivity contribution is 14.0. The first kappa shape index (κ1) is 23.0. The number of benzene rings is 1. The van der Waals surface area contributed by atoms with Crippen LogP contribution in [0.2, 0.25) is 0 Å². The molecule has 6 nitrogen and oxygen atoms in total. The van der Waals surface area contributed by atoms with Gasteiger partial charge in [0, 0.05) is 19.6 Å². The predicted molar refractivity (Wildman–Crippen MR) is 117 cm³/mol. The molecule has 1 aliphatic rings. The largest absolute Gasteiger partial charge is 0.494 e. The Morgan fingerprint density at radius 1 is 1.31 bits per heavy atom.